The molecule has 0 saturated heterocycles. The number of fused-ring (bicyclic) bond motifs is 7. The lowest BCUT2D eigenvalue weighted by Gasteiger charge is -2.43. The number of anilines is 3. The average Bonchev–Trinajstić information content (AvgIpc) is 3.62. The number of hydrogen-bond acceptors (Lipinski definition) is 4. The zero-order valence-electron chi connectivity index (χ0n) is 22.6. The van der Waals surface area contributed by atoms with Crippen LogP contribution in [0.3, 0.4) is 0 Å². The van der Waals surface area contributed by atoms with Gasteiger partial charge in [0.05, 0.1) is 21.6 Å². The van der Waals surface area contributed by atoms with Crippen molar-refractivity contribution in [1.29, 1.82) is 0 Å². The van der Waals surface area contributed by atoms with Crippen LogP contribution in [-0.2, 0) is 10.0 Å². The second kappa shape index (κ2) is 10.6. The Morgan fingerprint density at radius 3 is 2.38 bits per heavy atom. The summed E-state index contributed by atoms with van der Waals surface area (Å²) in [7, 11) is -3.89. The summed E-state index contributed by atoms with van der Waals surface area (Å²) < 4.78 is 28.3. The second-order valence-corrected chi connectivity index (χ2v) is 14.0. The largest absolute Gasteiger partial charge is 0.378 e. The smallest absolute Gasteiger partial charge is 0.261 e. The van der Waals surface area contributed by atoms with Gasteiger partial charge in [-0.25, -0.2) is 8.42 Å². The van der Waals surface area contributed by atoms with E-state index >= 15 is 0 Å². The van der Waals surface area contributed by atoms with Gasteiger partial charge in [0, 0.05) is 22.0 Å². The Balaban J connectivity index is 1.10. The third-order valence-electron chi connectivity index (χ3n) is 9.11. The molecule has 4 aromatic carbocycles. The van der Waals surface area contributed by atoms with Crippen LogP contribution < -0.4 is 15.4 Å². The van der Waals surface area contributed by atoms with E-state index in [4.69, 9.17) is 23.2 Å². The van der Waals surface area contributed by atoms with Gasteiger partial charge in [0.1, 0.15) is 0 Å². The SMILES string of the molecule is O=C(Nc1ccc(S(=O)(=O)Nc2ccc(Cl)cc2Cl)cc1)c1ccc2c(c1)[C@@H]1[C@H]3CC[C@@H](C3)[C@@H]1[C@@H](c1ccccc1)N2. The predicted molar refractivity (Wildman–Crippen MR) is 168 cm³/mol. The molecule has 1 amide bonds. The minimum Gasteiger partial charge on any atom is -0.378 e. The van der Waals surface area contributed by atoms with Crippen molar-refractivity contribution < 1.29 is 13.2 Å². The molecule has 6 nitrogen and oxygen atoms in total. The Hall–Kier alpha value is -3.52. The van der Waals surface area contributed by atoms with Crippen molar-refractivity contribution in [1.82, 2.24) is 0 Å². The van der Waals surface area contributed by atoms with Crippen molar-refractivity contribution >= 4 is 56.2 Å². The highest BCUT2D eigenvalue weighted by Gasteiger charge is 2.53. The topological polar surface area (TPSA) is 87.3 Å². The van der Waals surface area contributed by atoms with E-state index in [9.17, 15) is 13.2 Å². The molecule has 3 aliphatic rings. The molecule has 3 N–H and O–H groups in total. The summed E-state index contributed by atoms with van der Waals surface area (Å²) in [6, 6.07) is 27.5. The average molecular weight is 619 g/mol. The molecule has 42 heavy (non-hydrogen) atoms. The Morgan fingerprint density at radius 1 is 0.857 bits per heavy atom. The second-order valence-electron chi connectivity index (χ2n) is 11.5. The first-order valence-electron chi connectivity index (χ1n) is 14.1. The van der Waals surface area contributed by atoms with Gasteiger partial charge in [0.2, 0.25) is 0 Å². The summed E-state index contributed by atoms with van der Waals surface area (Å²) in [6.07, 6.45) is 3.78. The monoisotopic (exact) mass is 617 g/mol. The first-order chi connectivity index (χ1) is 20.3. The quantitative estimate of drug-likeness (QED) is 0.203. The van der Waals surface area contributed by atoms with Crippen molar-refractivity contribution in [2.45, 2.75) is 36.1 Å². The molecular weight excluding hydrogens is 589 g/mol. The minimum atomic E-state index is -3.89. The fourth-order valence-electron chi connectivity index (χ4n) is 7.31. The van der Waals surface area contributed by atoms with E-state index in [-0.39, 0.29) is 27.6 Å². The van der Waals surface area contributed by atoms with Crippen LogP contribution in [0.5, 0.6) is 0 Å². The fourth-order valence-corrected chi connectivity index (χ4v) is 8.91. The number of hydrogen-bond donors (Lipinski definition) is 3. The lowest BCUT2D eigenvalue weighted by molar-refractivity contribution is 0.102. The van der Waals surface area contributed by atoms with Crippen LogP contribution >= 0.6 is 23.2 Å². The van der Waals surface area contributed by atoms with E-state index in [1.807, 2.05) is 12.1 Å². The number of halogens is 2. The molecule has 2 saturated carbocycles. The Labute approximate surface area is 255 Å². The molecule has 1 heterocycles. The van der Waals surface area contributed by atoms with E-state index in [1.165, 1.54) is 54.7 Å². The molecule has 0 unspecified atom stereocenters. The minimum absolute atomic E-state index is 0.0432. The van der Waals surface area contributed by atoms with E-state index in [2.05, 4.69) is 51.8 Å². The van der Waals surface area contributed by atoms with Crippen LogP contribution in [0.15, 0.2) is 95.9 Å². The van der Waals surface area contributed by atoms with Gasteiger partial charge in [-0.05, 0) is 115 Å². The maximum absolute atomic E-state index is 13.3. The van der Waals surface area contributed by atoms with Gasteiger partial charge >= 0.3 is 0 Å². The number of sulfonamides is 1. The normalized spacial score (nSPS) is 23.9. The van der Waals surface area contributed by atoms with Gasteiger partial charge in [-0.15, -0.1) is 0 Å². The van der Waals surface area contributed by atoms with Gasteiger partial charge in [0.15, 0.2) is 0 Å². The third-order valence-corrected chi connectivity index (χ3v) is 11.0. The predicted octanol–water partition coefficient (Wildman–Crippen LogP) is 8.34. The molecule has 0 aromatic heterocycles. The van der Waals surface area contributed by atoms with Gasteiger partial charge in [-0.1, -0.05) is 53.5 Å². The Kier molecular flexibility index (Phi) is 6.92. The summed E-state index contributed by atoms with van der Waals surface area (Å²) in [5, 5.41) is 7.35. The summed E-state index contributed by atoms with van der Waals surface area (Å²) in [5.41, 5.74) is 4.99. The molecular formula is C33H29Cl2N3O3S. The van der Waals surface area contributed by atoms with E-state index in [0.717, 1.165) is 5.69 Å². The molecule has 0 radical (unpaired) electrons. The van der Waals surface area contributed by atoms with Crippen LogP contribution in [0.4, 0.5) is 17.1 Å². The van der Waals surface area contributed by atoms with Crippen molar-refractivity contribution in [3.05, 3.63) is 118 Å². The van der Waals surface area contributed by atoms with E-state index in [1.54, 1.807) is 18.2 Å². The first-order valence-corrected chi connectivity index (χ1v) is 16.4. The van der Waals surface area contributed by atoms with Crippen LogP contribution in [0.2, 0.25) is 10.0 Å². The van der Waals surface area contributed by atoms with Crippen LogP contribution in [0, 0.1) is 17.8 Å². The molecule has 4 aromatic rings. The Bertz CT molecular complexity index is 1780. The lowest BCUT2D eigenvalue weighted by Crippen LogP contribution is -2.35. The highest BCUT2D eigenvalue weighted by atomic mass is 35.5. The maximum atomic E-state index is 13.3. The van der Waals surface area contributed by atoms with Crippen molar-refractivity contribution in [3.63, 3.8) is 0 Å². The zero-order chi connectivity index (χ0) is 29.0. The number of carbonyl (C=O) groups is 1. The number of rotatable bonds is 6. The molecule has 2 aliphatic carbocycles. The highest BCUT2D eigenvalue weighted by molar-refractivity contribution is 7.92. The molecule has 2 bridgehead atoms. The molecule has 5 atom stereocenters. The van der Waals surface area contributed by atoms with Gasteiger partial charge in [0.25, 0.3) is 15.9 Å². The van der Waals surface area contributed by atoms with E-state index in [0.29, 0.717) is 39.9 Å². The van der Waals surface area contributed by atoms with Gasteiger partial charge in [-0.3, -0.25) is 9.52 Å². The highest BCUT2D eigenvalue weighted by Crippen LogP contribution is 2.63. The summed E-state index contributed by atoms with van der Waals surface area (Å²) in [4.78, 5) is 13.4. The first kappa shape index (κ1) is 27.3. The summed E-state index contributed by atoms with van der Waals surface area (Å²) >= 11 is 12.0. The van der Waals surface area contributed by atoms with Crippen molar-refractivity contribution in [2.24, 2.45) is 17.8 Å². The zero-order valence-corrected chi connectivity index (χ0v) is 24.9. The van der Waals surface area contributed by atoms with Gasteiger partial charge < -0.3 is 10.6 Å². The Morgan fingerprint density at radius 2 is 1.62 bits per heavy atom. The summed E-state index contributed by atoms with van der Waals surface area (Å²) in [5.74, 6) is 2.07. The molecule has 1 aliphatic heterocycles. The van der Waals surface area contributed by atoms with Crippen molar-refractivity contribution in [2.75, 3.05) is 15.4 Å². The van der Waals surface area contributed by atoms with Crippen molar-refractivity contribution in [3.8, 4) is 0 Å². The number of nitrogens with one attached hydrogen (secondary N) is 3. The number of carbonyl (C=O) groups excluding carboxylic acids is 1. The standard InChI is InChI=1S/C33H29Cl2N3O3S/c34-23-9-15-29(27(35)18-23)38-42(40,41)25-12-10-24(11-13-25)36-33(39)22-8-14-28-26(17-22)30-20-6-7-21(16-20)31(30)32(37-28)19-4-2-1-3-5-19/h1-5,8-15,17-18,20-21,30-32,37-38H,6-7,16H2,(H,36,39)/t20-,21-,30-,31-,32+/m0/s1. The fraction of sp³-hybridized carbons (Fsp3) is 0.242. The summed E-state index contributed by atoms with van der Waals surface area (Å²) in [6.45, 7) is 0. The molecule has 2 fully saturated rings. The van der Waals surface area contributed by atoms with Crippen LogP contribution in [0.25, 0.3) is 0 Å². The third kappa shape index (κ3) is 4.93. The number of amides is 1. The van der Waals surface area contributed by atoms with Gasteiger partial charge in [-0.2, -0.15) is 0 Å². The molecule has 214 valence electrons. The molecule has 7 rings (SSSR count). The van der Waals surface area contributed by atoms with Crippen LogP contribution in [-0.4, -0.2) is 14.3 Å². The lowest BCUT2D eigenvalue weighted by atomic mass is 9.68. The maximum Gasteiger partial charge on any atom is 0.261 e. The van der Waals surface area contributed by atoms with Crippen LogP contribution in [0.1, 0.15) is 52.7 Å². The number of benzene rings is 4. The molecule has 0 spiro atoms. The molecule has 9 heteroatoms. The van der Waals surface area contributed by atoms with E-state index < -0.39 is 10.0 Å².